The molecule has 0 spiro atoms. The molecule has 0 fully saturated rings. The van der Waals surface area contributed by atoms with Crippen molar-refractivity contribution in [2.75, 3.05) is 13.1 Å². The van der Waals surface area contributed by atoms with Crippen LogP contribution in [0.25, 0.3) is 33.4 Å². The van der Waals surface area contributed by atoms with Gasteiger partial charge in [-0.3, -0.25) is 9.59 Å². The molecule has 2 unspecified atom stereocenters. The summed E-state index contributed by atoms with van der Waals surface area (Å²) < 4.78 is 0. The number of carboxylic acids is 2. The zero-order chi connectivity index (χ0) is 29.4. The highest BCUT2D eigenvalue weighted by Crippen LogP contribution is 2.44. The van der Waals surface area contributed by atoms with Gasteiger partial charge >= 0.3 is 11.9 Å². The Bertz CT molecular complexity index is 1580. The number of aryl methyl sites for hydroxylation is 2. The van der Waals surface area contributed by atoms with E-state index in [1.807, 2.05) is 48.5 Å². The van der Waals surface area contributed by atoms with Gasteiger partial charge in [-0.05, 0) is 59.1 Å². The largest absolute Gasteiger partial charge is 0.480 e. The summed E-state index contributed by atoms with van der Waals surface area (Å²) in [6, 6.07) is 24.6. The second-order valence-electron chi connectivity index (χ2n) is 10.9. The van der Waals surface area contributed by atoms with E-state index in [1.54, 1.807) is 0 Å². The zero-order valence-electron chi connectivity index (χ0n) is 22.8. The van der Waals surface area contributed by atoms with E-state index in [4.69, 9.17) is 33.4 Å². The van der Waals surface area contributed by atoms with E-state index >= 15 is 0 Å². The lowest BCUT2D eigenvalue weighted by Gasteiger charge is -2.16. The van der Waals surface area contributed by atoms with Crippen molar-refractivity contribution >= 4 is 35.1 Å². The van der Waals surface area contributed by atoms with Gasteiger partial charge in [0.1, 0.15) is 0 Å². The molecule has 0 heterocycles. The number of hydrogen-bond acceptors (Lipinski definition) is 4. The fourth-order valence-electron chi connectivity index (χ4n) is 6.34. The van der Waals surface area contributed by atoms with Crippen LogP contribution >= 0.6 is 23.2 Å². The van der Waals surface area contributed by atoms with Crippen molar-refractivity contribution in [3.05, 3.63) is 105 Å². The fraction of sp³-hybridized carbons (Fsp3) is 0.235. The molecule has 0 aliphatic heterocycles. The van der Waals surface area contributed by atoms with Crippen molar-refractivity contribution in [1.82, 2.24) is 10.6 Å². The first kappa shape index (κ1) is 28.4. The molecule has 6 nitrogen and oxygen atoms in total. The molecule has 214 valence electrons. The van der Waals surface area contributed by atoms with Gasteiger partial charge in [0, 0.05) is 34.3 Å². The van der Waals surface area contributed by atoms with Crippen molar-refractivity contribution in [2.45, 2.75) is 37.8 Å². The molecular formula is C34H30Cl2N2O4. The SMILES string of the molecule is O=C(O)CNC1CCc2cc(-c3cccc(-c4cccc(-c5ccc6c(c5)CCC6NCC(=O)O)c4Cl)c3Cl)ccc21. The number of carboxylic acid groups (broad SMARTS) is 2. The lowest BCUT2D eigenvalue weighted by Crippen LogP contribution is -2.25. The molecule has 6 rings (SSSR count). The van der Waals surface area contributed by atoms with Crippen LogP contribution in [0.4, 0.5) is 0 Å². The van der Waals surface area contributed by atoms with Gasteiger partial charge in [0.25, 0.3) is 0 Å². The number of aliphatic carboxylic acids is 2. The van der Waals surface area contributed by atoms with Crippen LogP contribution in [0, 0.1) is 0 Å². The fourth-order valence-corrected chi connectivity index (χ4v) is 7.01. The summed E-state index contributed by atoms with van der Waals surface area (Å²) in [5.41, 5.74) is 10.2. The Hall–Kier alpha value is -3.68. The van der Waals surface area contributed by atoms with Crippen molar-refractivity contribution < 1.29 is 19.8 Å². The zero-order valence-corrected chi connectivity index (χ0v) is 24.3. The van der Waals surface area contributed by atoms with Crippen LogP contribution in [0.2, 0.25) is 10.0 Å². The molecule has 4 aromatic rings. The highest BCUT2D eigenvalue weighted by atomic mass is 35.5. The molecule has 2 aliphatic rings. The summed E-state index contributed by atoms with van der Waals surface area (Å²) in [6.07, 6.45) is 3.49. The van der Waals surface area contributed by atoms with E-state index in [0.29, 0.717) is 10.0 Å². The Morgan fingerprint density at radius 1 is 0.643 bits per heavy atom. The first-order valence-corrected chi connectivity index (χ1v) is 14.8. The summed E-state index contributed by atoms with van der Waals surface area (Å²) in [6.45, 7) is -0.120. The maximum atomic E-state index is 11.0. The molecule has 0 saturated carbocycles. The predicted octanol–water partition coefficient (Wildman–Crippen LogP) is 7.32. The second kappa shape index (κ2) is 11.9. The topological polar surface area (TPSA) is 98.7 Å². The smallest absolute Gasteiger partial charge is 0.317 e. The van der Waals surface area contributed by atoms with E-state index in [9.17, 15) is 9.59 Å². The van der Waals surface area contributed by atoms with Crippen molar-refractivity contribution in [2.24, 2.45) is 0 Å². The number of hydrogen-bond donors (Lipinski definition) is 4. The van der Waals surface area contributed by atoms with Gasteiger partial charge in [-0.2, -0.15) is 0 Å². The third-order valence-corrected chi connectivity index (χ3v) is 9.16. The first-order valence-electron chi connectivity index (χ1n) is 14.0. The molecule has 0 aromatic heterocycles. The quantitative estimate of drug-likeness (QED) is 0.161. The molecule has 2 aliphatic carbocycles. The van der Waals surface area contributed by atoms with Crippen molar-refractivity contribution in [3.63, 3.8) is 0 Å². The van der Waals surface area contributed by atoms with E-state index in [0.717, 1.165) is 70.2 Å². The molecule has 2 atom stereocenters. The van der Waals surface area contributed by atoms with Gasteiger partial charge in [-0.25, -0.2) is 0 Å². The third-order valence-electron chi connectivity index (χ3n) is 8.35. The molecule has 4 aromatic carbocycles. The Labute approximate surface area is 254 Å². The van der Waals surface area contributed by atoms with Crippen LogP contribution in [-0.4, -0.2) is 35.2 Å². The lowest BCUT2D eigenvalue weighted by atomic mass is 9.93. The molecule has 0 radical (unpaired) electrons. The highest BCUT2D eigenvalue weighted by molar-refractivity contribution is 6.39. The van der Waals surface area contributed by atoms with E-state index in [2.05, 4.69) is 34.9 Å². The Kier molecular flexibility index (Phi) is 8.06. The number of carbonyl (C=O) groups is 2. The molecular weight excluding hydrogens is 571 g/mol. The Morgan fingerprint density at radius 2 is 1.05 bits per heavy atom. The normalized spacial score (nSPS) is 17.2. The number of fused-ring (bicyclic) bond motifs is 2. The van der Waals surface area contributed by atoms with Crippen LogP contribution in [-0.2, 0) is 22.4 Å². The summed E-state index contributed by atoms with van der Waals surface area (Å²) in [7, 11) is 0. The van der Waals surface area contributed by atoms with Gasteiger partial charge in [0.2, 0.25) is 0 Å². The first-order chi connectivity index (χ1) is 20.3. The van der Waals surface area contributed by atoms with Crippen LogP contribution in [0.5, 0.6) is 0 Å². The minimum absolute atomic E-state index is 0.0413. The second-order valence-corrected chi connectivity index (χ2v) is 11.6. The number of rotatable bonds is 9. The molecule has 0 amide bonds. The molecule has 0 saturated heterocycles. The Balaban J connectivity index is 1.30. The molecule has 8 heteroatoms. The third kappa shape index (κ3) is 5.55. The lowest BCUT2D eigenvalue weighted by molar-refractivity contribution is -0.137. The van der Waals surface area contributed by atoms with E-state index < -0.39 is 11.9 Å². The van der Waals surface area contributed by atoms with Gasteiger partial charge in [0.05, 0.1) is 23.1 Å². The number of halogens is 2. The van der Waals surface area contributed by atoms with Crippen molar-refractivity contribution in [1.29, 1.82) is 0 Å². The summed E-state index contributed by atoms with van der Waals surface area (Å²) in [5, 5.41) is 25.6. The monoisotopic (exact) mass is 600 g/mol. The van der Waals surface area contributed by atoms with Gasteiger partial charge in [0.15, 0.2) is 0 Å². The van der Waals surface area contributed by atoms with Crippen LogP contribution in [0.1, 0.15) is 47.2 Å². The number of benzene rings is 4. The van der Waals surface area contributed by atoms with E-state index in [-0.39, 0.29) is 25.2 Å². The van der Waals surface area contributed by atoms with Gasteiger partial charge in [-0.15, -0.1) is 0 Å². The average Bonchev–Trinajstić information content (AvgIpc) is 3.58. The minimum atomic E-state index is -0.860. The molecule has 42 heavy (non-hydrogen) atoms. The van der Waals surface area contributed by atoms with Gasteiger partial charge < -0.3 is 20.8 Å². The average molecular weight is 602 g/mol. The van der Waals surface area contributed by atoms with Gasteiger partial charge in [-0.1, -0.05) is 96.0 Å². The summed E-state index contributed by atoms with van der Waals surface area (Å²) in [5.74, 6) is -1.72. The maximum Gasteiger partial charge on any atom is 0.317 e. The minimum Gasteiger partial charge on any atom is -0.480 e. The van der Waals surface area contributed by atoms with Crippen LogP contribution < -0.4 is 10.6 Å². The molecule has 4 N–H and O–H groups in total. The van der Waals surface area contributed by atoms with Crippen LogP contribution in [0.3, 0.4) is 0 Å². The maximum absolute atomic E-state index is 11.0. The molecule has 0 bridgehead atoms. The predicted molar refractivity (Wildman–Crippen MR) is 166 cm³/mol. The number of nitrogens with one attached hydrogen (secondary N) is 2. The van der Waals surface area contributed by atoms with Crippen molar-refractivity contribution in [3.8, 4) is 33.4 Å². The summed E-state index contributed by atoms with van der Waals surface area (Å²) in [4.78, 5) is 22.0. The highest BCUT2D eigenvalue weighted by Gasteiger charge is 2.25. The summed E-state index contributed by atoms with van der Waals surface area (Å²) >= 11 is 14.1. The Morgan fingerprint density at radius 3 is 1.45 bits per heavy atom. The standard InChI is InChI=1S/C34H30Cl2N2O4/c35-33-25(21-7-11-23-19(15-21)9-13-29(23)37-17-31(39)40)3-1-5-27(33)28-6-2-4-26(34(28)36)22-8-12-24-20(16-22)10-14-30(24)38-18-32(41)42/h1-8,11-12,15-16,29-30,37-38H,9-10,13-14,17-18H2,(H,39,40)(H,41,42). The van der Waals surface area contributed by atoms with E-state index in [1.165, 1.54) is 11.1 Å². The van der Waals surface area contributed by atoms with Crippen LogP contribution in [0.15, 0.2) is 72.8 Å².